The third kappa shape index (κ3) is 32.3. The Bertz CT molecular complexity index is 1460. The highest BCUT2D eigenvalue weighted by molar-refractivity contribution is 5.74. The van der Waals surface area contributed by atoms with Gasteiger partial charge in [0.2, 0.25) is 0 Å². The minimum Gasteiger partial charge on any atom is -0.479 e. The standard InChI is InChI=1S/C53H84O12/c1-4-7-10-13-16-19-21-23-25-28-30-33-36-39-45(54)61-42-44(63-46(55)40-37-34-31-27-18-15-12-9-6-3)43-62-53-51(49(58)48(57)50(65-53)52(59)60)64-47(56)41-38-35-32-29-26-24-22-20-17-14-11-8-5-2/h7-8,10-11,16-17,19-20,23-26,32,35,44,48-51,53,57-58H,4-6,9,12-15,18,21-22,27-31,33-34,36-43H2,1-3H3,(H,59,60)/b10-7-,11-8-,19-16-,20-17-,25-23-,26-24-,35-32-. The summed E-state index contributed by atoms with van der Waals surface area (Å²) in [5.41, 5.74) is 0. The fourth-order valence-electron chi connectivity index (χ4n) is 6.75. The highest BCUT2D eigenvalue weighted by Crippen LogP contribution is 2.26. The minimum atomic E-state index is -1.93. The molecule has 0 aromatic carbocycles. The van der Waals surface area contributed by atoms with Gasteiger partial charge in [0, 0.05) is 19.3 Å². The molecule has 3 N–H and O–H groups in total. The van der Waals surface area contributed by atoms with Crippen LogP contribution in [-0.4, -0.2) is 89.2 Å². The number of carboxylic acid groups (broad SMARTS) is 1. The van der Waals surface area contributed by atoms with Crippen LogP contribution in [-0.2, 0) is 42.9 Å². The van der Waals surface area contributed by atoms with Crippen LogP contribution < -0.4 is 0 Å². The lowest BCUT2D eigenvalue weighted by Crippen LogP contribution is -2.61. The Hall–Kier alpha value is -4.10. The maximum Gasteiger partial charge on any atom is 0.335 e. The highest BCUT2D eigenvalue weighted by atomic mass is 16.7. The van der Waals surface area contributed by atoms with Crippen molar-refractivity contribution in [1.29, 1.82) is 0 Å². The quantitative estimate of drug-likeness (QED) is 0.0231. The molecule has 1 saturated heterocycles. The number of rotatable bonds is 39. The predicted octanol–water partition coefficient (Wildman–Crippen LogP) is 11.2. The van der Waals surface area contributed by atoms with Gasteiger partial charge < -0.3 is 39.0 Å². The van der Waals surface area contributed by atoms with Crippen molar-refractivity contribution in [3.63, 3.8) is 0 Å². The second kappa shape index (κ2) is 41.3. The summed E-state index contributed by atoms with van der Waals surface area (Å²) < 4.78 is 28.1. The van der Waals surface area contributed by atoms with Crippen molar-refractivity contribution in [1.82, 2.24) is 0 Å². The van der Waals surface area contributed by atoms with Gasteiger partial charge in [0.15, 0.2) is 24.6 Å². The summed E-state index contributed by atoms with van der Waals surface area (Å²) in [6.45, 7) is 5.62. The van der Waals surface area contributed by atoms with E-state index in [9.17, 15) is 34.5 Å². The number of aliphatic carboxylic acids is 1. The predicted molar refractivity (Wildman–Crippen MR) is 257 cm³/mol. The Labute approximate surface area is 390 Å². The van der Waals surface area contributed by atoms with E-state index in [1.54, 1.807) is 0 Å². The first kappa shape index (κ1) is 58.9. The first-order valence-corrected chi connectivity index (χ1v) is 24.6. The van der Waals surface area contributed by atoms with Crippen LogP contribution in [0.15, 0.2) is 85.1 Å². The molecule has 1 aliphatic heterocycles. The van der Waals surface area contributed by atoms with Gasteiger partial charge in [-0.3, -0.25) is 14.4 Å². The molecule has 12 nitrogen and oxygen atoms in total. The van der Waals surface area contributed by atoms with Gasteiger partial charge in [0.25, 0.3) is 0 Å². The number of carbonyl (C=O) groups is 4. The molecule has 0 spiro atoms. The van der Waals surface area contributed by atoms with Crippen LogP contribution in [0, 0.1) is 0 Å². The molecule has 0 aliphatic carbocycles. The number of hydrogen-bond donors (Lipinski definition) is 3. The molecular weight excluding hydrogens is 829 g/mol. The van der Waals surface area contributed by atoms with Crippen LogP contribution in [0.3, 0.4) is 0 Å². The van der Waals surface area contributed by atoms with Gasteiger partial charge in [0.1, 0.15) is 18.8 Å². The van der Waals surface area contributed by atoms with E-state index in [4.69, 9.17) is 23.7 Å². The molecule has 368 valence electrons. The smallest absolute Gasteiger partial charge is 0.335 e. The van der Waals surface area contributed by atoms with Gasteiger partial charge in [-0.05, 0) is 77.0 Å². The second-order valence-electron chi connectivity index (χ2n) is 16.3. The van der Waals surface area contributed by atoms with E-state index in [2.05, 4.69) is 87.6 Å². The van der Waals surface area contributed by atoms with Gasteiger partial charge in [-0.15, -0.1) is 0 Å². The lowest BCUT2D eigenvalue weighted by molar-refractivity contribution is -0.301. The molecule has 0 radical (unpaired) electrons. The van der Waals surface area contributed by atoms with Crippen molar-refractivity contribution in [2.45, 2.75) is 212 Å². The Morgan fingerprint density at radius 3 is 1.54 bits per heavy atom. The van der Waals surface area contributed by atoms with E-state index in [-0.39, 0.29) is 25.9 Å². The van der Waals surface area contributed by atoms with Crippen molar-refractivity contribution < 1.29 is 58.2 Å². The summed E-state index contributed by atoms with van der Waals surface area (Å²) in [6.07, 6.45) is 39.0. The molecule has 12 heteroatoms. The first-order valence-electron chi connectivity index (χ1n) is 24.6. The van der Waals surface area contributed by atoms with Crippen LogP contribution in [0.25, 0.3) is 0 Å². The molecule has 0 aromatic heterocycles. The maximum absolute atomic E-state index is 13.0. The Morgan fingerprint density at radius 1 is 0.523 bits per heavy atom. The number of esters is 3. The fraction of sp³-hybridized carbons (Fsp3) is 0.660. The molecule has 6 atom stereocenters. The van der Waals surface area contributed by atoms with Crippen LogP contribution in [0.2, 0.25) is 0 Å². The second-order valence-corrected chi connectivity index (χ2v) is 16.3. The lowest BCUT2D eigenvalue weighted by Gasteiger charge is -2.40. The summed E-state index contributed by atoms with van der Waals surface area (Å²) in [5.74, 6) is -3.28. The van der Waals surface area contributed by atoms with E-state index >= 15 is 0 Å². The zero-order valence-electron chi connectivity index (χ0n) is 39.9. The summed E-state index contributed by atoms with van der Waals surface area (Å²) in [6, 6.07) is 0. The normalized spacial score (nSPS) is 19.8. The van der Waals surface area contributed by atoms with Gasteiger partial charge >= 0.3 is 23.9 Å². The largest absolute Gasteiger partial charge is 0.479 e. The topological polar surface area (TPSA) is 175 Å². The number of aliphatic hydroxyl groups is 2. The molecule has 65 heavy (non-hydrogen) atoms. The van der Waals surface area contributed by atoms with Gasteiger partial charge in [-0.1, -0.05) is 164 Å². The van der Waals surface area contributed by atoms with Crippen molar-refractivity contribution in [3.8, 4) is 0 Å². The zero-order valence-corrected chi connectivity index (χ0v) is 39.9. The Kier molecular flexibility index (Phi) is 37.5. The lowest BCUT2D eigenvalue weighted by atomic mass is 9.98. The molecule has 1 aliphatic rings. The summed E-state index contributed by atoms with van der Waals surface area (Å²) in [5, 5.41) is 31.2. The maximum atomic E-state index is 13.0. The van der Waals surface area contributed by atoms with E-state index in [1.165, 1.54) is 32.1 Å². The molecule has 0 saturated carbocycles. The van der Waals surface area contributed by atoms with Crippen molar-refractivity contribution >= 4 is 23.9 Å². The van der Waals surface area contributed by atoms with Crippen LogP contribution in [0.1, 0.15) is 175 Å². The molecule has 6 unspecified atom stereocenters. The summed E-state index contributed by atoms with van der Waals surface area (Å²) in [7, 11) is 0. The number of unbranched alkanes of at least 4 members (excludes halogenated alkanes) is 11. The molecular formula is C53H84O12. The highest BCUT2D eigenvalue weighted by Gasteiger charge is 2.50. The van der Waals surface area contributed by atoms with Gasteiger partial charge in [-0.2, -0.15) is 0 Å². The van der Waals surface area contributed by atoms with Gasteiger partial charge in [-0.25, -0.2) is 4.79 Å². The first-order chi connectivity index (χ1) is 31.6. The SMILES string of the molecule is CC/C=C\C/C=C\C/C=C\C/C=C\CCC(=O)OC1C(OCC(COC(=O)CCCCC/C=C\C/C=C\C/C=C\CC)OC(=O)CCCCCCCCCCC)OC(C(=O)O)C(O)C1O. The van der Waals surface area contributed by atoms with Crippen molar-refractivity contribution in [3.05, 3.63) is 85.1 Å². The number of ether oxygens (including phenoxy) is 5. The average Bonchev–Trinajstić information content (AvgIpc) is 3.29. The average molecular weight is 913 g/mol. The van der Waals surface area contributed by atoms with E-state index in [0.717, 1.165) is 77.0 Å². The zero-order chi connectivity index (χ0) is 47.6. The van der Waals surface area contributed by atoms with Crippen LogP contribution >= 0.6 is 0 Å². The minimum absolute atomic E-state index is 0.0661. The molecule has 0 aromatic rings. The third-order valence-electron chi connectivity index (χ3n) is 10.5. The van der Waals surface area contributed by atoms with Gasteiger partial charge in [0.05, 0.1) is 6.61 Å². The molecule has 0 bridgehead atoms. The molecule has 1 rings (SSSR count). The van der Waals surface area contributed by atoms with Crippen LogP contribution in [0.5, 0.6) is 0 Å². The summed E-state index contributed by atoms with van der Waals surface area (Å²) >= 11 is 0. The van der Waals surface area contributed by atoms with E-state index < -0.39 is 67.3 Å². The number of hydrogen-bond acceptors (Lipinski definition) is 11. The van der Waals surface area contributed by atoms with Crippen LogP contribution in [0.4, 0.5) is 0 Å². The van der Waals surface area contributed by atoms with Crippen molar-refractivity contribution in [2.24, 2.45) is 0 Å². The molecule has 1 fully saturated rings. The fourth-order valence-corrected chi connectivity index (χ4v) is 6.75. The Balaban J connectivity index is 2.81. The van der Waals surface area contributed by atoms with E-state index in [0.29, 0.717) is 25.7 Å². The number of allylic oxidation sites excluding steroid dienone is 14. The van der Waals surface area contributed by atoms with E-state index in [1.807, 2.05) is 18.2 Å². The number of carboxylic acids is 1. The van der Waals surface area contributed by atoms with Crippen molar-refractivity contribution in [2.75, 3.05) is 13.2 Å². The molecule has 1 heterocycles. The molecule has 0 amide bonds. The Morgan fingerprint density at radius 2 is 1.00 bits per heavy atom. The number of aliphatic hydroxyl groups excluding tert-OH is 2. The monoisotopic (exact) mass is 913 g/mol. The summed E-state index contributed by atoms with van der Waals surface area (Å²) in [4.78, 5) is 50.6. The third-order valence-corrected chi connectivity index (χ3v) is 10.5. The number of carbonyl (C=O) groups excluding carboxylic acids is 3.